The number of methoxy groups -OCH3 is 1. The van der Waals surface area contributed by atoms with Gasteiger partial charge in [-0.15, -0.1) is 5.11 Å². The molecule has 4 rings (SSSR count). The van der Waals surface area contributed by atoms with Crippen molar-refractivity contribution in [3.05, 3.63) is 53.2 Å². The summed E-state index contributed by atoms with van der Waals surface area (Å²) in [6.07, 6.45) is 3.04. The predicted molar refractivity (Wildman–Crippen MR) is 118 cm³/mol. The van der Waals surface area contributed by atoms with Gasteiger partial charge in [0.2, 0.25) is 0 Å². The number of hydrogen-bond donors (Lipinski definition) is 1. The molecule has 0 bridgehead atoms. The second-order valence-electron chi connectivity index (χ2n) is 6.81. The lowest BCUT2D eigenvalue weighted by atomic mass is 9.28. The number of imidazole rings is 1. The van der Waals surface area contributed by atoms with Crippen molar-refractivity contribution in [1.82, 2.24) is 19.5 Å². The molecule has 0 unspecified atom stereocenters. The number of nitrogens with one attached hydrogen (secondary N) is 1. The van der Waals surface area contributed by atoms with Crippen LogP contribution >= 0.6 is 0 Å². The molecule has 0 spiro atoms. The van der Waals surface area contributed by atoms with Gasteiger partial charge in [0, 0.05) is 29.2 Å². The molecule has 1 N–H and O–H groups in total. The van der Waals surface area contributed by atoms with Crippen LogP contribution in [0.1, 0.15) is 0 Å². The van der Waals surface area contributed by atoms with Crippen molar-refractivity contribution >= 4 is 61.3 Å². The normalized spacial score (nSPS) is 12.3. The van der Waals surface area contributed by atoms with Crippen LogP contribution < -0.4 is 15.2 Å². The highest BCUT2D eigenvalue weighted by atomic mass is 16.5. The highest BCUT2D eigenvalue weighted by Crippen LogP contribution is 2.33. The Bertz CT molecular complexity index is 1310. The third-order valence-corrected chi connectivity index (χ3v) is 4.66. The molecule has 0 saturated heterocycles. The van der Waals surface area contributed by atoms with E-state index in [2.05, 4.69) is 15.0 Å². The smallest absolute Gasteiger partial charge is 0.332 e. The summed E-state index contributed by atoms with van der Waals surface area (Å²) >= 11 is 0. The van der Waals surface area contributed by atoms with Crippen LogP contribution in [0, 0.1) is 0 Å². The lowest BCUT2D eigenvalue weighted by Crippen LogP contribution is -2.51. The Morgan fingerprint density at radius 2 is 1.70 bits per heavy atom. The average Bonchev–Trinajstić information content (AvgIpc) is 3.02. The minimum absolute atomic E-state index is 0.104. The quantitative estimate of drug-likeness (QED) is 0.497. The summed E-state index contributed by atoms with van der Waals surface area (Å²) in [6.45, 7) is 0. The van der Waals surface area contributed by atoms with Crippen molar-refractivity contribution in [1.29, 1.82) is 0 Å². The Morgan fingerprint density at radius 3 is 2.40 bits per heavy atom. The standard InChI is InChI=1S/C18H11B5N4O3/c1-29-12-4-6-24-11-3-2-9(8-10(11)12)27-14-13(30-18(22,23)17(19,20)21)5-7-25-15(14)26-16(27)28/h2-8H,1H3,(H,25,26,28). The molecule has 4 aromatic rings. The van der Waals surface area contributed by atoms with Crippen molar-refractivity contribution in [2.24, 2.45) is 0 Å². The van der Waals surface area contributed by atoms with Gasteiger partial charge in [-0.25, -0.2) is 9.78 Å². The third kappa shape index (κ3) is 3.30. The number of benzene rings is 1. The zero-order chi connectivity index (χ0) is 21.7. The van der Waals surface area contributed by atoms with Crippen LogP contribution in [-0.4, -0.2) is 71.3 Å². The minimum Gasteiger partial charge on any atom is -0.506 e. The van der Waals surface area contributed by atoms with Crippen LogP contribution in [0.4, 0.5) is 0 Å². The number of fused-ring (bicyclic) bond motifs is 2. The molecule has 3 heterocycles. The molecule has 3 aromatic heterocycles. The summed E-state index contributed by atoms with van der Waals surface area (Å²) in [5.74, 6) is 0.707. The van der Waals surface area contributed by atoms with Gasteiger partial charge in [-0.05, 0) is 24.3 Å². The van der Waals surface area contributed by atoms with E-state index in [1.807, 2.05) is 0 Å². The van der Waals surface area contributed by atoms with Gasteiger partial charge in [0.15, 0.2) is 5.65 Å². The van der Waals surface area contributed by atoms with E-state index in [4.69, 9.17) is 48.7 Å². The van der Waals surface area contributed by atoms with Gasteiger partial charge < -0.3 is 9.47 Å². The van der Waals surface area contributed by atoms with E-state index in [-0.39, 0.29) is 16.9 Å². The molecule has 0 fully saturated rings. The molecule has 0 atom stereocenters. The van der Waals surface area contributed by atoms with Gasteiger partial charge in [0.05, 0.1) is 41.9 Å². The minimum atomic E-state index is -2.14. The first-order valence-corrected chi connectivity index (χ1v) is 8.78. The van der Waals surface area contributed by atoms with E-state index in [0.29, 0.717) is 22.3 Å². The fourth-order valence-electron chi connectivity index (χ4n) is 3.03. The van der Waals surface area contributed by atoms with Crippen LogP contribution in [0.3, 0.4) is 0 Å². The van der Waals surface area contributed by atoms with Crippen LogP contribution in [0.5, 0.6) is 11.5 Å². The molecule has 10 radical (unpaired) electrons. The largest absolute Gasteiger partial charge is 0.506 e. The number of H-pyrrole nitrogens is 1. The lowest BCUT2D eigenvalue weighted by molar-refractivity contribution is 0.244. The molecule has 7 nitrogen and oxygen atoms in total. The van der Waals surface area contributed by atoms with Crippen LogP contribution in [0.25, 0.3) is 27.8 Å². The van der Waals surface area contributed by atoms with Crippen LogP contribution in [-0.2, 0) is 0 Å². The Morgan fingerprint density at radius 1 is 1.00 bits per heavy atom. The zero-order valence-electron chi connectivity index (χ0n) is 16.0. The number of aromatic amines is 1. The van der Waals surface area contributed by atoms with Crippen LogP contribution in [0.2, 0.25) is 5.11 Å². The molecule has 30 heavy (non-hydrogen) atoms. The monoisotopic (exact) mass is 386 g/mol. The van der Waals surface area contributed by atoms with Gasteiger partial charge in [0.25, 0.3) is 0 Å². The summed E-state index contributed by atoms with van der Waals surface area (Å²) < 4.78 is 12.4. The van der Waals surface area contributed by atoms with E-state index in [9.17, 15) is 4.79 Å². The summed E-state index contributed by atoms with van der Waals surface area (Å²) in [6, 6.07) is 8.42. The van der Waals surface area contributed by atoms with Crippen molar-refractivity contribution in [3.8, 4) is 17.2 Å². The van der Waals surface area contributed by atoms with Gasteiger partial charge in [-0.2, -0.15) is 0 Å². The molecular weight excluding hydrogens is 374 g/mol. The molecule has 0 saturated carbocycles. The average molecular weight is 385 g/mol. The summed E-state index contributed by atoms with van der Waals surface area (Å²) in [5, 5.41) is -3.50. The van der Waals surface area contributed by atoms with Crippen molar-refractivity contribution in [2.45, 2.75) is 10.5 Å². The van der Waals surface area contributed by atoms with Crippen molar-refractivity contribution in [3.63, 3.8) is 0 Å². The number of ether oxygens (including phenoxy) is 2. The van der Waals surface area contributed by atoms with E-state index in [0.717, 1.165) is 0 Å². The van der Waals surface area contributed by atoms with E-state index in [1.54, 1.807) is 37.6 Å². The summed E-state index contributed by atoms with van der Waals surface area (Å²) in [7, 11) is 30.1. The molecule has 0 aliphatic rings. The predicted octanol–water partition coefficient (Wildman–Crippen LogP) is 0.219. The van der Waals surface area contributed by atoms with E-state index in [1.165, 1.54) is 16.8 Å². The van der Waals surface area contributed by atoms with Gasteiger partial charge in [-0.3, -0.25) is 14.5 Å². The molecular formula is C18H11B5N4O3. The highest BCUT2D eigenvalue weighted by Gasteiger charge is 2.33. The maximum Gasteiger partial charge on any atom is 0.332 e. The van der Waals surface area contributed by atoms with E-state index >= 15 is 0 Å². The molecule has 12 heteroatoms. The Balaban J connectivity index is 1.95. The number of hydrogen-bond acceptors (Lipinski definition) is 5. The fraction of sp³-hybridized carbons (Fsp3) is 0.167. The number of rotatable bonds is 5. The maximum atomic E-state index is 12.8. The van der Waals surface area contributed by atoms with E-state index < -0.39 is 16.2 Å². The van der Waals surface area contributed by atoms with Gasteiger partial charge >= 0.3 is 5.69 Å². The first kappa shape index (κ1) is 20.3. The van der Waals surface area contributed by atoms with Crippen molar-refractivity contribution < 1.29 is 9.47 Å². The highest BCUT2D eigenvalue weighted by molar-refractivity contribution is 6.66. The Labute approximate surface area is 178 Å². The van der Waals surface area contributed by atoms with Crippen LogP contribution in [0.15, 0.2) is 47.5 Å². The lowest BCUT2D eigenvalue weighted by Gasteiger charge is -2.42. The Hall–Kier alpha value is -3.03. The first-order chi connectivity index (χ1) is 14.1. The topological polar surface area (TPSA) is 82.0 Å². The first-order valence-electron chi connectivity index (χ1n) is 8.78. The number of nitrogens with zero attached hydrogens (tertiary/aromatic N) is 3. The molecule has 136 valence electrons. The van der Waals surface area contributed by atoms with Gasteiger partial charge in [0.1, 0.15) is 32.7 Å². The number of aromatic nitrogens is 4. The summed E-state index contributed by atoms with van der Waals surface area (Å²) in [4.78, 5) is 23.9. The zero-order valence-corrected chi connectivity index (χ0v) is 16.0. The molecule has 0 aliphatic heterocycles. The second-order valence-corrected chi connectivity index (χ2v) is 6.81. The maximum absolute atomic E-state index is 12.8. The Kier molecular flexibility index (Phi) is 4.75. The van der Waals surface area contributed by atoms with Gasteiger partial charge in [-0.1, -0.05) is 0 Å². The molecule has 0 aliphatic carbocycles. The molecule has 1 aromatic carbocycles. The third-order valence-electron chi connectivity index (χ3n) is 4.66. The second kappa shape index (κ2) is 7.04. The SMILES string of the molecule is [B]C([B])([B])C([B])([B])Oc1ccnc2[nH]c(=O)n(-c3ccc4nccc(OC)c4c3)c12. The molecule has 0 amide bonds. The fourth-order valence-corrected chi connectivity index (χ4v) is 3.03. The number of pyridine rings is 2. The summed E-state index contributed by atoms with van der Waals surface area (Å²) in [5.41, 5.74) is 1.25. The van der Waals surface area contributed by atoms with Crippen molar-refractivity contribution in [2.75, 3.05) is 7.11 Å².